The molecule has 7 aromatic carbocycles. The first-order valence-corrected chi connectivity index (χ1v) is 28.9. The van der Waals surface area contributed by atoms with Gasteiger partial charge >= 0.3 is 0 Å². The van der Waals surface area contributed by atoms with Crippen molar-refractivity contribution in [3.63, 3.8) is 0 Å². The third kappa shape index (κ3) is 17.1. The summed E-state index contributed by atoms with van der Waals surface area (Å²) in [6, 6.07) is 51.7. The van der Waals surface area contributed by atoms with Crippen LogP contribution in [0.3, 0.4) is 0 Å². The minimum absolute atomic E-state index is 0. The Morgan fingerprint density at radius 2 is 1.07 bits per heavy atom. The number of phenolic OH excluding ortho intramolecular Hbond substituents is 2. The SMILES string of the molecule is CC(=O)C1=C(O)CCCC1=O.CC(C)(C)c1cc(C=Nc2ccccc2N=Cc2cc(C(C)(C)C)cc(C(C)(C)C)c2O)c(O)c(C(C)(C)C)c1.FC1(F)c2ccc[c-]c2-c2nccc3cccc1c23.[Ir].[Ir].[Pt].[c-]1ccccc1-c1nccc2ccccc12. The molecule has 11 rings (SSSR count). The average molecular weight is 1730 g/mol. The second-order valence-corrected chi connectivity index (χ2v) is 25.8. The second kappa shape index (κ2) is 29.8. The summed E-state index contributed by atoms with van der Waals surface area (Å²) >= 11 is 0. The molecule has 14 heteroatoms. The van der Waals surface area contributed by atoms with Gasteiger partial charge < -0.3 is 25.3 Å². The number of para-hydroxylation sites is 2. The molecule has 0 spiro atoms. The number of aromatic hydroxyl groups is 2. The second-order valence-electron chi connectivity index (χ2n) is 25.8. The maximum Gasteiger partial charge on any atom is 0.266 e. The van der Waals surface area contributed by atoms with Gasteiger partial charge in [-0.05, 0) is 115 Å². The number of Topliss-reactive ketones (excluding diaryl/α,β-unsaturated/α-hetero) is 2. The number of carbonyl (C=O) groups is 2. The molecule has 2 radical (unpaired) electrons. The maximum atomic E-state index is 14.6. The van der Waals surface area contributed by atoms with E-state index >= 15 is 0 Å². The van der Waals surface area contributed by atoms with Crippen molar-refractivity contribution >= 4 is 56.9 Å². The number of phenols is 2. The van der Waals surface area contributed by atoms with Crippen molar-refractivity contribution < 1.29 is 95.0 Å². The van der Waals surface area contributed by atoms with Gasteiger partial charge in [0.1, 0.15) is 17.3 Å². The van der Waals surface area contributed by atoms with Gasteiger partial charge in [0, 0.05) is 127 Å². The van der Waals surface area contributed by atoms with E-state index in [1.807, 2.05) is 91.1 Å². The Hall–Kier alpha value is -6.97. The van der Waals surface area contributed by atoms with Crippen LogP contribution in [0.15, 0.2) is 179 Å². The molecule has 0 saturated heterocycles. The molecule has 89 heavy (non-hydrogen) atoms. The van der Waals surface area contributed by atoms with Crippen molar-refractivity contribution in [2.24, 2.45) is 9.98 Å². The normalized spacial score (nSPS) is 13.5. The van der Waals surface area contributed by atoms with E-state index in [-0.39, 0.29) is 128 Å². The zero-order valence-electron chi connectivity index (χ0n) is 52.5. The van der Waals surface area contributed by atoms with Crippen LogP contribution in [0.1, 0.15) is 154 Å². The number of hydrogen-bond donors (Lipinski definition) is 3. The number of benzene rings is 7. The average Bonchev–Trinajstić information content (AvgIpc) is 0.935. The van der Waals surface area contributed by atoms with Gasteiger partial charge in [-0.2, -0.15) is 0 Å². The molecule has 0 amide bonds. The van der Waals surface area contributed by atoms with Gasteiger partial charge in [0.05, 0.1) is 16.9 Å². The fourth-order valence-electron chi connectivity index (χ4n) is 10.3. The molecule has 2 aliphatic rings. The number of allylic oxidation sites excluding steroid dienone is 2. The fraction of sp³-hybridized carbons (Fsp3) is 0.280. The molecule has 3 N–H and O–H groups in total. The number of halogens is 2. The summed E-state index contributed by atoms with van der Waals surface area (Å²) < 4.78 is 29.2. The molecule has 0 unspecified atom stereocenters. The van der Waals surface area contributed by atoms with E-state index in [0.717, 1.165) is 38.9 Å². The summed E-state index contributed by atoms with van der Waals surface area (Å²) in [5.41, 5.74) is 9.28. The van der Waals surface area contributed by atoms with Gasteiger partial charge in [-0.25, -0.2) is 8.78 Å². The Morgan fingerprint density at radius 3 is 1.57 bits per heavy atom. The van der Waals surface area contributed by atoms with E-state index in [4.69, 9.17) is 15.1 Å². The van der Waals surface area contributed by atoms with E-state index in [2.05, 4.69) is 129 Å². The zero-order chi connectivity index (χ0) is 62.5. The summed E-state index contributed by atoms with van der Waals surface area (Å²) in [4.78, 5) is 40.1. The number of fused-ring (bicyclic) bond motifs is 3. The number of hydrogen-bond acceptors (Lipinski definition) is 9. The molecular formula is C75H76F2Ir2N4O5Pt-2. The molecule has 0 aliphatic heterocycles. The summed E-state index contributed by atoms with van der Waals surface area (Å²) in [5, 5.41) is 35.2. The standard InChI is InChI=1S/C36H48N2O2.C16H8F2N.C15H10N.C8H10O3.2Ir.Pt/c1-33(2,3)25-17-23(31(39)27(19-25)35(7,8)9)21-37-29-15-13-14-16-30(29)38-22-24-18-26(34(4,5)6)20-28(32(24)40)36(10,11)12;17-16(18)12-6-2-1-5-11(12)15-14-10(8-9-19-15)4-3-7-13(14)16;1-2-7-13(8-3-1)15-14-9-5-4-6-12(14)10-11-16-15;1-5(9)8-6(10)3-2-4-7(8)11;;;/h13-22,39-40H,1-12H3;1-4,6-9H;1-7,9-11H;10H,2-4H2,1H3;;;/q;2*-1;;;;. The van der Waals surface area contributed by atoms with Crippen LogP contribution in [0.4, 0.5) is 20.2 Å². The number of nitrogens with zero attached hydrogens (tertiary/aromatic N) is 4. The number of pyridine rings is 2. The van der Waals surface area contributed by atoms with Crippen molar-refractivity contribution in [3.05, 3.63) is 226 Å². The van der Waals surface area contributed by atoms with Crippen LogP contribution in [-0.4, -0.2) is 49.3 Å². The summed E-state index contributed by atoms with van der Waals surface area (Å²) in [6.45, 7) is 27.0. The fourth-order valence-corrected chi connectivity index (χ4v) is 10.3. The third-order valence-electron chi connectivity index (χ3n) is 15.1. The Balaban J connectivity index is 0.000000242. The van der Waals surface area contributed by atoms with Gasteiger partial charge in [0.2, 0.25) is 0 Å². The van der Waals surface area contributed by atoms with Crippen LogP contribution in [0.2, 0.25) is 0 Å². The van der Waals surface area contributed by atoms with Crippen LogP contribution in [0.25, 0.3) is 44.1 Å². The molecule has 0 saturated carbocycles. The Kier molecular flexibility index (Phi) is 24.3. The van der Waals surface area contributed by atoms with Gasteiger partial charge in [-0.15, -0.1) is 65.7 Å². The van der Waals surface area contributed by atoms with Crippen LogP contribution < -0.4 is 0 Å². The number of ketones is 2. The van der Waals surface area contributed by atoms with Crippen LogP contribution in [0.5, 0.6) is 11.5 Å². The first-order valence-electron chi connectivity index (χ1n) is 28.9. The molecular weight excluding hydrogens is 1650 g/mol. The number of alkyl halides is 2. The maximum absolute atomic E-state index is 14.6. The molecule has 0 bridgehead atoms. The number of aliphatic imine (C=N–C) groups is 2. The summed E-state index contributed by atoms with van der Waals surface area (Å²) in [6.07, 6.45) is 8.45. The van der Waals surface area contributed by atoms with Crippen molar-refractivity contribution in [2.75, 3.05) is 0 Å². The number of rotatable bonds is 6. The molecule has 2 aromatic heterocycles. The molecule has 9 nitrogen and oxygen atoms in total. The van der Waals surface area contributed by atoms with Crippen LogP contribution in [0, 0.1) is 12.1 Å². The quantitative estimate of drug-likeness (QED) is 0.0854. The van der Waals surface area contributed by atoms with Crippen molar-refractivity contribution in [1.82, 2.24) is 9.97 Å². The van der Waals surface area contributed by atoms with E-state index in [9.17, 15) is 28.6 Å². The number of aliphatic hydroxyl groups excluding tert-OH is 1. The summed E-state index contributed by atoms with van der Waals surface area (Å²) in [7, 11) is 0. The van der Waals surface area contributed by atoms with E-state index in [0.29, 0.717) is 58.4 Å². The smallest absolute Gasteiger partial charge is 0.266 e. The molecule has 470 valence electrons. The summed E-state index contributed by atoms with van der Waals surface area (Å²) in [5.74, 6) is -3.07. The molecule has 2 heterocycles. The minimum atomic E-state index is -3.00. The minimum Gasteiger partial charge on any atom is -0.511 e. The van der Waals surface area contributed by atoms with Crippen molar-refractivity contribution in [3.8, 4) is 34.0 Å². The van der Waals surface area contributed by atoms with E-state index < -0.39 is 5.92 Å². The van der Waals surface area contributed by atoms with Gasteiger partial charge in [-0.3, -0.25) is 19.6 Å². The van der Waals surface area contributed by atoms with Gasteiger partial charge in [0.25, 0.3) is 5.92 Å². The monoisotopic (exact) mass is 1730 g/mol. The van der Waals surface area contributed by atoms with Crippen molar-refractivity contribution in [2.45, 2.75) is 137 Å². The number of carbonyl (C=O) groups excluding carboxylic acids is 2. The predicted octanol–water partition coefficient (Wildman–Crippen LogP) is 18.8. The Morgan fingerprint density at radius 1 is 0.573 bits per heavy atom. The first-order chi connectivity index (χ1) is 40.5. The molecule has 0 fully saturated rings. The topological polar surface area (TPSA) is 145 Å². The molecule has 0 atom stereocenters. The van der Waals surface area contributed by atoms with Crippen LogP contribution >= 0.6 is 0 Å². The zero-order valence-corrected chi connectivity index (χ0v) is 59.5. The van der Waals surface area contributed by atoms with Gasteiger partial charge in [-0.1, -0.05) is 155 Å². The Bertz CT molecular complexity index is 3980. The van der Waals surface area contributed by atoms with E-state index in [1.165, 1.54) is 29.8 Å². The van der Waals surface area contributed by atoms with Gasteiger partial charge in [0.15, 0.2) is 11.6 Å². The van der Waals surface area contributed by atoms with E-state index in [1.54, 1.807) is 42.9 Å². The number of aliphatic hydroxyl groups is 1. The van der Waals surface area contributed by atoms with Crippen LogP contribution in [-0.2, 0) is 98.4 Å². The number of aromatic nitrogens is 2. The molecule has 9 aromatic rings. The molecule has 2 aliphatic carbocycles. The van der Waals surface area contributed by atoms with Crippen molar-refractivity contribution in [1.29, 1.82) is 0 Å². The predicted molar refractivity (Wildman–Crippen MR) is 346 cm³/mol. The first kappa shape index (κ1) is 72.8. The third-order valence-corrected chi connectivity index (χ3v) is 15.1. The Labute approximate surface area is 564 Å². The largest absolute Gasteiger partial charge is 0.511 e.